The number of guanidine groups is 1. The number of hydrogen-bond donors (Lipinski definition) is 1. The van der Waals surface area contributed by atoms with Crippen molar-refractivity contribution in [2.24, 2.45) is 10.7 Å². The van der Waals surface area contributed by atoms with Crippen LogP contribution < -0.4 is 5.73 Å². The molecule has 0 amide bonds. The van der Waals surface area contributed by atoms with Crippen LogP contribution in [-0.2, 0) is 4.74 Å². The zero-order chi connectivity index (χ0) is 9.47. The normalized spacial score (nSPS) is 33.5. The van der Waals surface area contributed by atoms with Crippen molar-refractivity contribution in [2.75, 3.05) is 19.8 Å². The first-order valence-corrected chi connectivity index (χ1v) is 4.83. The van der Waals surface area contributed by atoms with Gasteiger partial charge in [0, 0.05) is 12.6 Å². The Morgan fingerprint density at radius 1 is 1.62 bits per heavy atom. The molecule has 74 valence electrons. The van der Waals surface area contributed by atoms with Gasteiger partial charge in [-0.15, -0.1) is 0 Å². The van der Waals surface area contributed by atoms with Crippen molar-refractivity contribution in [3.05, 3.63) is 0 Å². The van der Waals surface area contributed by atoms with Gasteiger partial charge < -0.3 is 15.4 Å². The van der Waals surface area contributed by atoms with Crippen LogP contribution in [0.4, 0.5) is 0 Å². The van der Waals surface area contributed by atoms with E-state index < -0.39 is 0 Å². The molecule has 0 aromatic heterocycles. The van der Waals surface area contributed by atoms with E-state index in [4.69, 9.17) is 10.5 Å². The highest BCUT2D eigenvalue weighted by atomic mass is 16.5. The van der Waals surface area contributed by atoms with Gasteiger partial charge in [0.1, 0.15) is 0 Å². The largest absolute Gasteiger partial charge is 0.379 e. The first-order chi connectivity index (χ1) is 6.16. The van der Waals surface area contributed by atoms with Crippen LogP contribution in [0.3, 0.4) is 0 Å². The monoisotopic (exact) mass is 183 g/mol. The highest BCUT2D eigenvalue weighted by Gasteiger charge is 2.46. The smallest absolute Gasteiger partial charge is 0.192 e. The van der Waals surface area contributed by atoms with E-state index >= 15 is 0 Å². The summed E-state index contributed by atoms with van der Waals surface area (Å²) in [5, 5.41) is 0. The molecule has 2 N–H and O–H groups in total. The van der Waals surface area contributed by atoms with Crippen LogP contribution in [0.1, 0.15) is 20.3 Å². The molecule has 0 aromatic rings. The zero-order valence-electron chi connectivity index (χ0n) is 8.29. The summed E-state index contributed by atoms with van der Waals surface area (Å²) in [6.45, 7) is 6.71. The molecule has 1 atom stereocenters. The molecular weight excluding hydrogens is 166 g/mol. The van der Waals surface area contributed by atoms with Gasteiger partial charge in [0.25, 0.3) is 0 Å². The SMILES string of the molecule is CC(C)N1C(N)=NCC12CCOC2. The number of rotatable bonds is 1. The molecule has 0 saturated carbocycles. The molecule has 0 bridgehead atoms. The van der Waals surface area contributed by atoms with Crippen molar-refractivity contribution in [3.8, 4) is 0 Å². The Morgan fingerprint density at radius 2 is 2.38 bits per heavy atom. The van der Waals surface area contributed by atoms with Crippen molar-refractivity contribution >= 4 is 5.96 Å². The van der Waals surface area contributed by atoms with Gasteiger partial charge in [-0.3, -0.25) is 4.99 Å². The Kier molecular flexibility index (Phi) is 1.95. The quantitative estimate of drug-likeness (QED) is 0.631. The molecule has 4 heteroatoms. The molecule has 2 aliphatic rings. The van der Waals surface area contributed by atoms with E-state index in [-0.39, 0.29) is 5.54 Å². The maximum absolute atomic E-state index is 5.85. The second-order valence-electron chi connectivity index (χ2n) is 4.17. The predicted octanol–water partition coefficient (Wildman–Crippen LogP) is 0.184. The Balaban J connectivity index is 2.22. The second-order valence-corrected chi connectivity index (χ2v) is 4.17. The molecule has 13 heavy (non-hydrogen) atoms. The standard InChI is InChI=1S/C9H17N3O/c1-7(2)12-8(10)11-5-9(12)3-4-13-6-9/h7H,3-6H2,1-2H3,(H2,10,11). The lowest BCUT2D eigenvalue weighted by atomic mass is 9.96. The number of ether oxygens (including phenoxy) is 1. The minimum Gasteiger partial charge on any atom is -0.379 e. The minimum atomic E-state index is 0.0816. The van der Waals surface area contributed by atoms with Crippen LogP contribution in [-0.4, -0.2) is 42.2 Å². The van der Waals surface area contributed by atoms with Crippen LogP contribution in [0.5, 0.6) is 0 Å². The number of nitrogens with zero attached hydrogens (tertiary/aromatic N) is 2. The van der Waals surface area contributed by atoms with Crippen LogP contribution in [0.25, 0.3) is 0 Å². The average Bonchev–Trinajstić information content (AvgIpc) is 2.61. The van der Waals surface area contributed by atoms with Gasteiger partial charge in [0.15, 0.2) is 5.96 Å². The van der Waals surface area contributed by atoms with E-state index in [1.165, 1.54) is 0 Å². The van der Waals surface area contributed by atoms with E-state index in [0.29, 0.717) is 12.0 Å². The molecule has 0 aromatic carbocycles. The lowest BCUT2D eigenvalue weighted by Crippen LogP contribution is -2.55. The molecule has 0 aliphatic carbocycles. The van der Waals surface area contributed by atoms with Crippen LogP contribution in [0.2, 0.25) is 0 Å². The first kappa shape index (κ1) is 8.81. The van der Waals surface area contributed by atoms with Crippen molar-refractivity contribution in [2.45, 2.75) is 31.8 Å². The maximum atomic E-state index is 5.85. The molecule has 1 fully saturated rings. The van der Waals surface area contributed by atoms with Crippen molar-refractivity contribution in [1.82, 2.24) is 4.90 Å². The van der Waals surface area contributed by atoms with Crippen molar-refractivity contribution in [3.63, 3.8) is 0 Å². The number of aliphatic imine (C=N–C) groups is 1. The Labute approximate surface area is 78.8 Å². The Hall–Kier alpha value is -0.770. The second kappa shape index (κ2) is 2.87. The molecule has 2 heterocycles. The van der Waals surface area contributed by atoms with E-state index in [0.717, 1.165) is 26.2 Å². The van der Waals surface area contributed by atoms with E-state index in [1.807, 2.05) is 0 Å². The van der Waals surface area contributed by atoms with Gasteiger partial charge in [-0.25, -0.2) is 0 Å². The highest BCUT2D eigenvalue weighted by Crippen LogP contribution is 2.31. The summed E-state index contributed by atoms with van der Waals surface area (Å²) < 4.78 is 5.44. The fraction of sp³-hybridized carbons (Fsp3) is 0.889. The van der Waals surface area contributed by atoms with Crippen molar-refractivity contribution in [1.29, 1.82) is 0 Å². The van der Waals surface area contributed by atoms with Gasteiger partial charge in [0.2, 0.25) is 0 Å². The molecular formula is C9H17N3O. The Morgan fingerprint density at radius 3 is 2.92 bits per heavy atom. The van der Waals surface area contributed by atoms with E-state index in [2.05, 4.69) is 23.7 Å². The third-order valence-electron chi connectivity index (χ3n) is 2.89. The van der Waals surface area contributed by atoms with Crippen LogP contribution >= 0.6 is 0 Å². The molecule has 0 radical (unpaired) electrons. The van der Waals surface area contributed by atoms with Crippen LogP contribution in [0, 0.1) is 0 Å². The molecule has 2 rings (SSSR count). The lowest BCUT2D eigenvalue weighted by molar-refractivity contribution is 0.117. The summed E-state index contributed by atoms with van der Waals surface area (Å²) in [5.74, 6) is 0.681. The summed E-state index contributed by atoms with van der Waals surface area (Å²) in [6.07, 6.45) is 1.05. The van der Waals surface area contributed by atoms with Crippen molar-refractivity contribution < 1.29 is 4.74 Å². The summed E-state index contributed by atoms with van der Waals surface area (Å²) in [4.78, 5) is 6.52. The summed E-state index contributed by atoms with van der Waals surface area (Å²) in [7, 11) is 0. The lowest BCUT2D eigenvalue weighted by Gasteiger charge is -2.37. The van der Waals surface area contributed by atoms with Gasteiger partial charge in [-0.05, 0) is 20.3 Å². The zero-order valence-corrected chi connectivity index (χ0v) is 8.29. The Bertz CT molecular complexity index is 231. The van der Waals surface area contributed by atoms with Gasteiger partial charge >= 0.3 is 0 Å². The summed E-state index contributed by atoms with van der Waals surface area (Å²) in [5.41, 5.74) is 5.94. The van der Waals surface area contributed by atoms with Gasteiger partial charge in [-0.1, -0.05) is 0 Å². The number of nitrogens with two attached hydrogens (primary N) is 1. The molecule has 1 spiro atoms. The summed E-state index contributed by atoms with van der Waals surface area (Å²) in [6, 6.07) is 0.410. The number of hydrogen-bond acceptors (Lipinski definition) is 4. The van der Waals surface area contributed by atoms with E-state index in [9.17, 15) is 0 Å². The maximum Gasteiger partial charge on any atom is 0.192 e. The van der Waals surface area contributed by atoms with Crippen LogP contribution in [0.15, 0.2) is 4.99 Å². The average molecular weight is 183 g/mol. The third kappa shape index (κ3) is 1.20. The third-order valence-corrected chi connectivity index (χ3v) is 2.89. The fourth-order valence-corrected chi connectivity index (χ4v) is 2.35. The molecule has 4 nitrogen and oxygen atoms in total. The topological polar surface area (TPSA) is 50.8 Å². The van der Waals surface area contributed by atoms with E-state index in [1.54, 1.807) is 0 Å². The predicted molar refractivity (Wildman–Crippen MR) is 51.6 cm³/mol. The fourth-order valence-electron chi connectivity index (χ4n) is 2.35. The first-order valence-electron chi connectivity index (χ1n) is 4.83. The van der Waals surface area contributed by atoms with Gasteiger partial charge in [-0.2, -0.15) is 0 Å². The molecule has 2 aliphatic heterocycles. The molecule has 1 unspecified atom stereocenters. The van der Waals surface area contributed by atoms with Gasteiger partial charge in [0.05, 0.1) is 18.7 Å². The minimum absolute atomic E-state index is 0.0816. The summed E-state index contributed by atoms with van der Waals surface area (Å²) >= 11 is 0. The highest BCUT2D eigenvalue weighted by molar-refractivity contribution is 5.81. The molecule has 1 saturated heterocycles.